The summed E-state index contributed by atoms with van der Waals surface area (Å²) in [6.45, 7) is 5.68. The third-order valence-electron chi connectivity index (χ3n) is 5.40. The van der Waals surface area contributed by atoms with Gasteiger partial charge in [0.2, 0.25) is 5.91 Å². The fourth-order valence-electron chi connectivity index (χ4n) is 3.71. The molecule has 0 saturated carbocycles. The van der Waals surface area contributed by atoms with Gasteiger partial charge in [-0.3, -0.25) is 19.1 Å². The Morgan fingerprint density at radius 3 is 2.43 bits per heavy atom. The molecule has 1 unspecified atom stereocenters. The number of carbonyl (C=O) groups excluding carboxylic acids is 1. The highest BCUT2D eigenvalue weighted by Crippen LogP contribution is 2.14. The maximum atomic E-state index is 13.0. The van der Waals surface area contributed by atoms with Crippen LogP contribution in [0.15, 0.2) is 65.7 Å². The van der Waals surface area contributed by atoms with Crippen molar-refractivity contribution in [2.75, 3.05) is 26.2 Å². The minimum Gasteiger partial charge on any atom is -0.338 e. The van der Waals surface area contributed by atoms with E-state index in [-0.39, 0.29) is 11.5 Å². The number of aromatic nitrogens is 2. The van der Waals surface area contributed by atoms with Gasteiger partial charge in [0.25, 0.3) is 5.56 Å². The van der Waals surface area contributed by atoms with Gasteiger partial charge in [0, 0.05) is 32.7 Å². The smallest absolute Gasteiger partial charge is 0.261 e. The van der Waals surface area contributed by atoms with Crippen LogP contribution in [-0.4, -0.2) is 51.4 Å². The zero-order chi connectivity index (χ0) is 19.5. The zero-order valence-electron chi connectivity index (χ0n) is 16.0. The van der Waals surface area contributed by atoms with Gasteiger partial charge >= 0.3 is 0 Å². The van der Waals surface area contributed by atoms with Crippen LogP contribution in [0.2, 0.25) is 0 Å². The van der Waals surface area contributed by atoms with Gasteiger partial charge in [0.05, 0.1) is 17.2 Å². The predicted molar refractivity (Wildman–Crippen MR) is 109 cm³/mol. The average Bonchev–Trinajstić information content (AvgIpc) is 2.74. The lowest BCUT2D eigenvalue weighted by molar-refractivity contribution is -0.136. The monoisotopic (exact) mass is 376 g/mol. The third-order valence-corrected chi connectivity index (χ3v) is 5.40. The van der Waals surface area contributed by atoms with Crippen LogP contribution in [0.1, 0.15) is 18.5 Å². The van der Waals surface area contributed by atoms with E-state index in [0.29, 0.717) is 24.0 Å². The zero-order valence-corrected chi connectivity index (χ0v) is 16.0. The van der Waals surface area contributed by atoms with E-state index in [4.69, 9.17) is 0 Å². The number of amides is 1. The standard InChI is InChI=1S/C22H24N4O2/c1-17(26-16-23-20-10-6-5-9-19(20)22(26)28)21(27)25-13-11-24(12-14-25)15-18-7-3-2-4-8-18/h2-10,16-17H,11-15H2,1H3. The third kappa shape index (κ3) is 3.68. The SMILES string of the molecule is CC(C(=O)N1CCN(Cc2ccccc2)CC1)n1cnc2ccccc2c1=O. The second-order valence-electron chi connectivity index (χ2n) is 7.24. The summed E-state index contributed by atoms with van der Waals surface area (Å²) in [6.07, 6.45) is 1.49. The molecule has 0 radical (unpaired) electrons. The van der Waals surface area contributed by atoms with Crippen molar-refractivity contribution >= 4 is 16.8 Å². The van der Waals surface area contributed by atoms with Crippen LogP contribution in [0.4, 0.5) is 0 Å². The lowest BCUT2D eigenvalue weighted by atomic mass is 10.2. The summed E-state index contributed by atoms with van der Waals surface area (Å²) in [4.78, 5) is 34.3. The Kier molecular flexibility index (Phi) is 5.21. The number of hydrogen-bond acceptors (Lipinski definition) is 4. The molecule has 1 atom stereocenters. The highest BCUT2D eigenvalue weighted by Gasteiger charge is 2.26. The number of fused-ring (bicyclic) bond motifs is 1. The van der Waals surface area contributed by atoms with E-state index in [9.17, 15) is 9.59 Å². The maximum Gasteiger partial charge on any atom is 0.261 e. The topological polar surface area (TPSA) is 58.4 Å². The lowest BCUT2D eigenvalue weighted by Gasteiger charge is -2.36. The number of hydrogen-bond donors (Lipinski definition) is 0. The number of para-hydroxylation sites is 1. The number of benzene rings is 2. The molecule has 2 heterocycles. The first kappa shape index (κ1) is 18.4. The van der Waals surface area contributed by atoms with E-state index in [2.05, 4.69) is 22.0 Å². The number of carbonyl (C=O) groups is 1. The van der Waals surface area contributed by atoms with Crippen molar-refractivity contribution in [1.29, 1.82) is 0 Å². The lowest BCUT2D eigenvalue weighted by Crippen LogP contribution is -2.50. The molecule has 0 spiro atoms. The number of piperazine rings is 1. The Labute approximate surface area is 164 Å². The van der Waals surface area contributed by atoms with Crippen LogP contribution in [0.25, 0.3) is 10.9 Å². The molecule has 1 aliphatic rings. The van der Waals surface area contributed by atoms with Crippen molar-refractivity contribution in [2.24, 2.45) is 0 Å². The molecular weight excluding hydrogens is 352 g/mol. The molecule has 6 heteroatoms. The Balaban J connectivity index is 1.43. The Morgan fingerprint density at radius 2 is 1.68 bits per heavy atom. The van der Waals surface area contributed by atoms with Crippen molar-refractivity contribution in [3.63, 3.8) is 0 Å². The molecule has 1 aromatic heterocycles. The fraction of sp³-hybridized carbons (Fsp3) is 0.318. The Bertz CT molecular complexity index is 1020. The molecule has 1 fully saturated rings. The molecule has 144 valence electrons. The van der Waals surface area contributed by atoms with Crippen LogP contribution in [0.5, 0.6) is 0 Å². The molecule has 1 amide bonds. The van der Waals surface area contributed by atoms with Crippen LogP contribution in [0.3, 0.4) is 0 Å². The van der Waals surface area contributed by atoms with Crippen LogP contribution in [-0.2, 0) is 11.3 Å². The van der Waals surface area contributed by atoms with E-state index < -0.39 is 6.04 Å². The first-order valence-electron chi connectivity index (χ1n) is 9.64. The maximum absolute atomic E-state index is 13.0. The molecule has 3 aromatic rings. The molecular formula is C22H24N4O2. The second kappa shape index (κ2) is 7.94. The molecule has 2 aromatic carbocycles. The molecule has 4 rings (SSSR count). The summed E-state index contributed by atoms with van der Waals surface area (Å²) in [5.41, 5.74) is 1.76. The summed E-state index contributed by atoms with van der Waals surface area (Å²) in [5.74, 6) is -0.0291. The van der Waals surface area contributed by atoms with Crippen molar-refractivity contribution in [2.45, 2.75) is 19.5 Å². The minimum atomic E-state index is -0.565. The molecule has 1 aliphatic heterocycles. The van der Waals surface area contributed by atoms with E-state index in [0.717, 1.165) is 19.6 Å². The molecule has 0 N–H and O–H groups in total. The Morgan fingerprint density at radius 1 is 1.00 bits per heavy atom. The molecule has 28 heavy (non-hydrogen) atoms. The van der Waals surface area contributed by atoms with Crippen LogP contribution >= 0.6 is 0 Å². The molecule has 0 bridgehead atoms. The van der Waals surface area contributed by atoms with Gasteiger partial charge in [-0.1, -0.05) is 42.5 Å². The van der Waals surface area contributed by atoms with Crippen molar-refractivity contribution in [3.05, 3.63) is 76.8 Å². The first-order valence-corrected chi connectivity index (χ1v) is 9.64. The van der Waals surface area contributed by atoms with Gasteiger partial charge in [-0.05, 0) is 24.6 Å². The number of rotatable bonds is 4. The second-order valence-corrected chi connectivity index (χ2v) is 7.24. The average molecular weight is 376 g/mol. The summed E-state index contributed by atoms with van der Waals surface area (Å²) in [5, 5.41) is 0.539. The quantitative estimate of drug-likeness (QED) is 0.701. The van der Waals surface area contributed by atoms with Crippen molar-refractivity contribution < 1.29 is 4.79 Å². The van der Waals surface area contributed by atoms with Crippen LogP contribution < -0.4 is 5.56 Å². The highest BCUT2D eigenvalue weighted by molar-refractivity contribution is 5.81. The summed E-state index contributed by atoms with van der Waals surface area (Å²) >= 11 is 0. The van der Waals surface area contributed by atoms with Gasteiger partial charge < -0.3 is 4.90 Å². The van der Waals surface area contributed by atoms with Gasteiger partial charge in [-0.2, -0.15) is 0 Å². The normalized spacial score (nSPS) is 16.2. The summed E-state index contributed by atoms with van der Waals surface area (Å²) in [6, 6.07) is 17.0. The summed E-state index contributed by atoms with van der Waals surface area (Å²) < 4.78 is 1.45. The first-order chi connectivity index (χ1) is 13.6. The number of nitrogens with zero attached hydrogens (tertiary/aromatic N) is 4. The summed E-state index contributed by atoms with van der Waals surface area (Å²) in [7, 11) is 0. The van der Waals surface area contributed by atoms with E-state index >= 15 is 0 Å². The highest BCUT2D eigenvalue weighted by atomic mass is 16.2. The van der Waals surface area contributed by atoms with Crippen LogP contribution in [0, 0.1) is 0 Å². The van der Waals surface area contributed by atoms with Gasteiger partial charge in [0.1, 0.15) is 6.04 Å². The molecule has 6 nitrogen and oxygen atoms in total. The van der Waals surface area contributed by atoms with Crippen molar-refractivity contribution in [3.8, 4) is 0 Å². The van der Waals surface area contributed by atoms with E-state index in [1.54, 1.807) is 19.1 Å². The minimum absolute atomic E-state index is 0.0291. The Hall–Kier alpha value is -2.99. The van der Waals surface area contributed by atoms with E-state index in [1.807, 2.05) is 35.2 Å². The van der Waals surface area contributed by atoms with Crippen molar-refractivity contribution in [1.82, 2.24) is 19.4 Å². The van der Waals surface area contributed by atoms with Gasteiger partial charge in [0.15, 0.2) is 0 Å². The predicted octanol–water partition coefficient (Wildman–Crippen LogP) is 2.30. The van der Waals surface area contributed by atoms with Gasteiger partial charge in [-0.15, -0.1) is 0 Å². The van der Waals surface area contributed by atoms with Gasteiger partial charge in [-0.25, -0.2) is 4.98 Å². The largest absolute Gasteiger partial charge is 0.338 e. The molecule has 1 saturated heterocycles. The fourth-order valence-corrected chi connectivity index (χ4v) is 3.71. The molecule has 0 aliphatic carbocycles. The van der Waals surface area contributed by atoms with E-state index in [1.165, 1.54) is 16.5 Å².